The van der Waals surface area contributed by atoms with E-state index in [4.69, 9.17) is 21.0 Å². The molecule has 0 aliphatic rings. The molecule has 0 aliphatic carbocycles. The molecule has 0 saturated carbocycles. The monoisotopic (exact) mass is 575 g/mol. The van der Waals surface area contributed by atoms with Crippen molar-refractivity contribution in [3.63, 3.8) is 0 Å². The quantitative estimate of drug-likeness (QED) is 0.201. The molecule has 0 bridgehead atoms. The molecular formula is C26H24F3N5O5S. The molecule has 0 heterocycles. The van der Waals surface area contributed by atoms with E-state index in [0.29, 0.717) is 22.4 Å². The predicted molar refractivity (Wildman–Crippen MR) is 142 cm³/mol. The highest BCUT2D eigenvalue weighted by Crippen LogP contribution is 2.25. The maximum absolute atomic E-state index is 12.9. The SMILES string of the molecule is CS(=O)(=O)N[C@@H](Cc1cccc(C(=N)N)c1)C(=O)Nc1ccc(-c2ccccc2C#N)cc1.O=C(O)C(F)(F)F. The van der Waals surface area contributed by atoms with Crippen LogP contribution in [0, 0.1) is 16.7 Å². The van der Waals surface area contributed by atoms with Crippen LogP contribution in [0.2, 0.25) is 0 Å². The summed E-state index contributed by atoms with van der Waals surface area (Å²) in [5, 5.41) is 26.7. The number of amides is 1. The van der Waals surface area contributed by atoms with Gasteiger partial charge in [0.2, 0.25) is 15.9 Å². The first-order valence-corrected chi connectivity index (χ1v) is 13.1. The van der Waals surface area contributed by atoms with E-state index in [-0.39, 0.29) is 12.3 Å². The highest BCUT2D eigenvalue weighted by molar-refractivity contribution is 7.88. The lowest BCUT2D eigenvalue weighted by Gasteiger charge is -2.18. The number of hydrogen-bond donors (Lipinski definition) is 5. The first kappa shape index (κ1) is 31.5. The number of alkyl halides is 3. The van der Waals surface area contributed by atoms with Crippen LogP contribution < -0.4 is 15.8 Å². The number of carbonyl (C=O) groups is 2. The number of nitrogens with two attached hydrogens (primary N) is 1. The number of nitrogen functional groups attached to an aromatic ring is 1. The zero-order chi connectivity index (χ0) is 30.1. The number of rotatable bonds is 8. The lowest BCUT2D eigenvalue weighted by atomic mass is 10.00. The number of carboxylic acids is 1. The van der Waals surface area contributed by atoms with Crippen LogP contribution in [-0.4, -0.2) is 49.7 Å². The fourth-order valence-electron chi connectivity index (χ4n) is 3.34. The number of benzene rings is 3. The highest BCUT2D eigenvalue weighted by atomic mass is 32.2. The van der Waals surface area contributed by atoms with E-state index in [1.165, 1.54) is 0 Å². The summed E-state index contributed by atoms with van der Waals surface area (Å²) in [6, 6.07) is 22.0. The van der Waals surface area contributed by atoms with Gasteiger partial charge in [0.1, 0.15) is 11.9 Å². The van der Waals surface area contributed by atoms with Crippen LogP contribution in [-0.2, 0) is 26.0 Å². The number of carboxylic acid groups (broad SMARTS) is 1. The minimum atomic E-state index is -5.08. The zero-order valence-corrected chi connectivity index (χ0v) is 21.7. The summed E-state index contributed by atoms with van der Waals surface area (Å²) in [7, 11) is -3.67. The van der Waals surface area contributed by atoms with Crippen LogP contribution in [0.25, 0.3) is 11.1 Å². The van der Waals surface area contributed by atoms with Crippen molar-refractivity contribution >= 4 is 33.4 Å². The van der Waals surface area contributed by atoms with Crippen LogP contribution in [0.1, 0.15) is 16.7 Å². The van der Waals surface area contributed by atoms with Gasteiger partial charge in [0.15, 0.2) is 0 Å². The molecule has 3 aromatic rings. The van der Waals surface area contributed by atoms with Crippen molar-refractivity contribution in [2.75, 3.05) is 11.6 Å². The number of hydrogen-bond acceptors (Lipinski definition) is 6. The predicted octanol–water partition coefficient (Wildman–Crippen LogP) is 3.24. The summed E-state index contributed by atoms with van der Waals surface area (Å²) in [5.74, 6) is -3.40. The Morgan fingerprint density at radius 2 is 1.68 bits per heavy atom. The topological polar surface area (TPSA) is 186 Å². The van der Waals surface area contributed by atoms with E-state index in [9.17, 15) is 31.6 Å². The molecule has 0 unspecified atom stereocenters. The lowest BCUT2D eigenvalue weighted by molar-refractivity contribution is -0.192. The number of nitriles is 1. The Bertz CT molecular complexity index is 1540. The number of carbonyl (C=O) groups excluding carboxylic acids is 1. The van der Waals surface area contributed by atoms with Gasteiger partial charge in [-0.15, -0.1) is 0 Å². The Hall–Kier alpha value is -4.74. The molecule has 210 valence electrons. The summed E-state index contributed by atoms with van der Waals surface area (Å²) >= 11 is 0. The van der Waals surface area contributed by atoms with E-state index in [1.807, 2.05) is 12.1 Å². The largest absolute Gasteiger partial charge is 0.490 e. The lowest BCUT2D eigenvalue weighted by Crippen LogP contribution is -2.44. The second-order valence-electron chi connectivity index (χ2n) is 8.29. The third-order valence-corrected chi connectivity index (χ3v) is 5.82. The fraction of sp³-hybridized carbons (Fsp3) is 0.154. The molecule has 0 aromatic heterocycles. The van der Waals surface area contributed by atoms with Crippen molar-refractivity contribution in [2.24, 2.45) is 5.73 Å². The Morgan fingerprint density at radius 3 is 2.20 bits per heavy atom. The molecule has 0 spiro atoms. The van der Waals surface area contributed by atoms with Crippen LogP contribution in [0.3, 0.4) is 0 Å². The summed E-state index contributed by atoms with van der Waals surface area (Å²) in [6.07, 6.45) is -4.02. The van der Waals surface area contributed by atoms with Crippen molar-refractivity contribution < 1.29 is 36.3 Å². The number of halogens is 3. The van der Waals surface area contributed by atoms with Gasteiger partial charge >= 0.3 is 12.1 Å². The van der Waals surface area contributed by atoms with Crippen molar-refractivity contribution in [2.45, 2.75) is 18.6 Å². The van der Waals surface area contributed by atoms with Gasteiger partial charge in [-0.2, -0.15) is 18.4 Å². The van der Waals surface area contributed by atoms with Gasteiger partial charge in [-0.3, -0.25) is 10.2 Å². The van der Waals surface area contributed by atoms with E-state index < -0.39 is 34.1 Å². The van der Waals surface area contributed by atoms with Gasteiger partial charge in [-0.05, 0) is 47.4 Å². The molecule has 1 atom stereocenters. The third kappa shape index (κ3) is 9.86. The number of sulfonamides is 1. The Morgan fingerprint density at radius 1 is 1.07 bits per heavy atom. The summed E-state index contributed by atoms with van der Waals surface area (Å²) in [4.78, 5) is 21.8. The molecule has 3 rings (SSSR count). The number of nitrogens with zero attached hydrogens (tertiary/aromatic N) is 1. The molecule has 14 heteroatoms. The standard InChI is InChI=1S/C24H23N5O3S.C2HF3O2/c1-33(31,32)29-22(14-16-5-4-7-18(13-16)23(26)27)24(30)28-20-11-9-17(10-12-20)21-8-3-2-6-19(21)15-25;3-2(4,5)1(6)7/h2-13,22,29H,14H2,1H3,(H3,26,27)(H,28,30);(H,6,7)/t22-;/m0./s1. The number of amidine groups is 1. The molecule has 1 amide bonds. The minimum Gasteiger partial charge on any atom is -0.475 e. The minimum absolute atomic E-state index is 0.0770. The third-order valence-electron chi connectivity index (χ3n) is 5.10. The van der Waals surface area contributed by atoms with Crippen LogP contribution in [0.15, 0.2) is 72.8 Å². The maximum atomic E-state index is 12.9. The molecule has 0 saturated heterocycles. The average molecular weight is 576 g/mol. The van der Waals surface area contributed by atoms with Crippen LogP contribution in [0.5, 0.6) is 0 Å². The van der Waals surface area contributed by atoms with Crippen molar-refractivity contribution in [1.29, 1.82) is 10.7 Å². The maximum Gasteiger partial charge on any atom is 0.490 e. The summed E-state index contributed by atoms with van der Waals surface area (Å²) in [6.45, 7) is 0. The average Bonchev–Trinajstić information content (AvgIpc) is 2.88. The first-order chi connectivity index (χ1) is 18.6. The van der Waals surface area contributed by atoms with E-state index >= 15 is 0 Å². The number of aliphatic carboxylic acids is 1. The summed E-state index contributed by atoms with van der Waals surface area (Å²) < 4.78 is 57.8. The van der Waals surface area contributed by atoms with Crippen molar-refractivity contribution in [3.8, 4) is 17.2 Å². The van der Waals surface area contributed by atoms with Gasteiger partial charge in [0.25, 0.3) is 0 Å². The van der Waals surface area contributed by atoms with E-state index in [2.05, 4.69) is 16.1 Å². The molecule has 0 fully saturated rings. The molecule has 10 nitrogen and oxygen atoms in total. The van der Waals surface area contributed by atoms with Crippen LogP contribution >= 0.6 is 0 Å². The van der Waals surface area contributed by atoms with Crippen molar-refractivity contribution in [3.05, 3.63) is 89.5 Å². The Labute approximate surface area is 227 Å². The smallest absolute Gasteiger partial charge is 0.475 e. The first-order valence-electron chi connectivity index (χ1n) is 11.2. The van der Waals surface area contributed by atoms with Gasteiger partial charge < -0.3 is 16.2 Å². The number of anilines is 1. The second kappa shape index (κ2) is 13.4. The van der Waals surface area contributed by atoms with E-state index in [0.717, 1.165) is 17.4 Å². The Kier molecular flexibility index (Phi) is 10.5. The second-order valence-corrected chi connectivity index (χ2v) is 10.1. The normalized spacial score (nSPS) is 11.8. The zero-order valence-electron chi connectivity index (χ0n) is 20.9. The van der Waals surface area contributed by atoms with Gasteiger partial charge in [-0.25, -0.2) is 17.9 Å². The molecule has 6 N–H and O–H groups in total. The van der Waals surface area contributed by atoms with Crippen LogP contribution in [0.4, 0.5) is 18.9 Å². The van der Waals surface area contributed by atoms with Crippen molar-refractivity contribution in [1.82, 2.24) is 4.72 Å². The molecule has 40 heavy (non-hydrogen) atoms. The molecule has 0 radical (unpaired) electrons. The number of nitrogens with one attached hydrogen (secondary N) is 3. The highest BCUT2D eigenvalue weighted by Gasteiger charge is 2.38. The molecular weight excluding hydrogens is 551 g/mol. The van der Waals surface area contributed by atoms with Gasteiger partial charge in [0.05, 0.1) is 17.9 Å². The molecule has 0 aliphatic heterocycles. The van der Waals surface area contributed by atoms with Gasteiger partial charge in [-0.1, -0.05) is 48.5 Å². The molecule has 3 aromatic carbocycles. The summed E-state index contributed by atoms with van der Waals surface area (Å²) in [5.41, 5.74) is 9.28. The Balaban J connectivity index is 0.000000708. The van der Waals surface area contributed by atoms with Gasteiger partial charge in [0, 0.05) is 11.3 Å². The van der Waals surface area contributed by atoms with E-state index in [1.54, 1.807) is 60.7 Å². The fourth-order valence-corrected chi connectivity index (χ4v) is 4.05.